The molecule has 0 fully saturated rings. The summed E-state index contributed by atoms with van der Waals surface area (Å²) >= 11 is 0. The van der Waals surface area contributed by atoms with Gasteiger partial charge >= 0.3 is 12.1 Å². The summed E-state index contributed by atoms with van der Waals surface area (Å²) in [6, 6.07) is 0. The lowest BCUT2D eigenvalue weighted by atomic mass is 10.4. The van der Waals surface area contributed by atoms with Crippen molar-refractivity contribution >= 4 is 12.1 Å². The molecule has 0 saturated carbocycles. The predicted octanol–water partition coefficient (Wildman–Crippen LogP) is 0.752. The molecule has 104 valence electrons. The van der Waals surface area contributed by atoms with Crippen molar-refractivity contribution < 1.29 is 28.5 Å². The second-order valence-corrected chi connectivity index (χ2v) is 3.41. The van der Waals surface area contributed by atoms with Crippen molar-refractivity contribution in [3.63, 3.8) is 0 Å². The van der Waals surface area contributed by atoms with Gasteiger partial charge in [0, 0.05) is 19.8 Å². The highest BCUT2D eigenvalue weighted by atomic mass is 16.6. The second kappa shape index (κ2) is 9.43. The van der Waals surface area contributed by atoms with Crippen molar-refractivity contribution in [3.05, 3.63) is 12.2 Å². The van der Waals surface area contributed by atoms with E-state index in [1.807, 2.05) is 0 Å². The zero-order valence-corrected chi connectivity index (χ0v) is 10.9. The molecule has 0 N–H and O–H groups in total. The quantitative estimate of drug-likeness (QED) is 0.278. The van der Waals surface area contributed by atoms with Crippen LogP contribution in [0.15, 0.2) is 12.2 Å². The summed E-state index contributed by atoms with van der Waals surface area (Å²) in [5.41, 5.74) is 0.293. The maximum absolute atomic E-state index is 11.5. The van der Waals surface area contributed by atoms with E-state index in [0.717, 1.165) is 0 Å². The minimum absolute atomic E-state index is 0.0226. The molecule has 0 aliphatic carbocycles. The van der Waals surface area contributed by atoms with Gasteiger partial charge in [0.05, 0.1) is 0 Å². The number of methoxy groups -OCH3 is 2. The molecule has 0 aromatic heterocycles. The van der Waals surface area contributed by atoms with Crippen molar-refractivity contribution in [2.75, 3.05) is 40.9 Å². The lowest BCUT2D eigenvalue weighted by Crippen LogP contribution is -2.35. The summed E-state index contributed by atoms with van der Waals surface area (Å²) in [6.45, 7) is 5.00. The molecule has 1 amide bonds. The highest BCUT2D eigenvalue weighted by molar-refractivity contribution is 5.86. The molecule has 0 spiro atoms. The van der Waals surface area contributed by atoms with Crippen molar-refractivity contribution in [2.24, 2.45) is 0 Å². The van der Waals surface area contributed by atoms with Gasteiger partial charge in [-0.05, 0) is 6.92 Å². The Hall–Kier alpha value is -1.60. The zero-order valence-electron chi connectivity index (χ0n) is 10.9. The second-order valence-electron chi connectivity index (χ2n) is 3.41. The Morgan fingerprint density at radius 1 is 1.06 bits per heavy atom. The third-order valence-corrected chi connectivity index (χ3v) is 1.72. The number of nitrogens with zero attached hydrogens (tertiary/aromatic N) is 1. The van der Waals surface area contributed by atoms with Crippen molar-refractivity contribution in [1.29, 1.82) is 0 Å². The van der Waals surface area contributed by atoms with Crippen LogP contribution in [0.4, 0.5) is 4.79 Å². The maximum atomic E-state index is 11.5. The standard InChI is InChI=1S/C11H19NO6/c1-9(2)10(13)17-5-6-18-11(14)12(7-15-3)8-16-4/h1,5-8H2,2-4H3. The lowest BCUT2D eigenvalue weighted by molar-refractivity contribution is -0.140. The molecule has 0 unspecified atom stereocenters. The van der Waals surface area contributed by atoms with Gasteiger partial charge in [-0.25, -0.2) is 9.59 Å². The van der Waals surface area contributed by atoms with E-state index in [0.29, 0.717) is 5.57 Å². The fraction of sp³-hybridized carbons (Fsp3) is 0.636. The molecule has 0 heterocycles. The van der Waals surface area contributed by atoms with Crippen LogP contribution in [-0.4, -0.2) is 57.9 Å². The molecule has 0 aromatic carbocycles. The van der Waals surface area contributed by atoms with Gasteiger partial charge < -0.3 is 18.9 Å². The van der Waals surface area contributed by atoms with E-state index in [9.17, 15) is 9.59 Å². The third-order valence-electron chi connectivity index (χ3n) is 1.72. The van der Waals surface area contributed by atoms with Crippen LogP contribution in [-0.2, 0) is 23.7 Å². The van der Waals surface area contributed by atoms with Crippen LogP contribution in [0.5, 0.6) is 0 Å². The van der Waals surface area contributed by atoms with Crippen molar-refractivity contribution in [1.82, 2.24) is 4.90 Å². The summed E-state index contributed by atoms with van der Waals surface area (Å²) < 4.78 is 19.2. The molecular weight excluding hydrogens is 242 g/mol. The third kappa shape index (κ3) is 6.87. The van der Waals surface area contributed by atoms with Crippen LogP contribution in [0.25, 0.3) is 0 Å². The molecule has 0 rings (SSSR count). The number of rotatable bonds is 8. The lowest BCUT2D eigenvalue weighted by Gasteiger charge is -2.19. The first kappa shape index (κ1) is 16.4. The first-order valence-electron chi connectivity index (χ1n) is 5.25. The van der Waals surface area contributed by atoms with Gasteiger partial charge in [-0.3, -0.25) is 4.90 Å². The molecule has 0 radical (unpaired) electrons. The SMILES string of the molecule is C=C(C)C(=O)OCCOC(=O)N(COC)COC. The number of hydrogen-bond acceptors (Lipinski definition) is 6. The topological polar surface area (TPSA) is 74.3 Å². The van der Waals surface area contributed by atoms with E-state index in [4.69, 9.17) is 18.9 Å². The van der Waals surface area contributed by atoms with Gasteiger partial charge in [0.15, 0.2) is 0 Å². The monoisotopic (exact) mass is 261 g/mol. The molecule has 0 aliphatic rings. The van der Waals surface area contributed by atoms with Crippen LogP contribution < -0.4 is 0 Å². The van der Waals surface area contributed by atoms with Crippen molar-refractivity contribution in [3.8, 4) is 0 Å². The molecule has 7 nitrogen and oxygen atoms in total. The first-order valence-corrected chi connectivity index (χ1v) is 5.25. The number of carbonyl (C=O) groups is 2. The molecule has 0 atom stereocenters. The van der Waals surface area contributed by atoms with Gasteiger partial charge in [-0.2, -0.15) is 0 Å². The Bertz CT molecular complexity index is 285. The summed E-state index contributed by atoms with van der Waals surface area (Å²) in [7, 11) is 2.90. The van der Waals surface area contributed by atoms with E-state index < -0.39 is 12.1 Å². The van der Waals surface area contributed by atoms with Crippen LogP contribution >= 0.6 is 0 Å². The highest BCUT2D eigenvalue weighted by Crippen LogP contribution is 1.96. The van der Waals surface area contributed by atoms with Gasteiger partial charge in [-0.15, -0.1) is 0 Å². The average molecular weight is 261 g/mol. The molecule has 0 aromatic rings. The number of amides is 1. The molecule has 7 heteroatoms. The number of carbonyl (C=O) groups excluding carboxylic acids is 2. The fourth-order valence-corrected chi connectivity index (χ4v) is 0.932. The molecule has 0 aliphatic heterocycles. The maximum Gasteiger partial charge on any atom is 0.413 e. The Labute approximate surface area is 106 Å². The molecule has 0 bridgehead atoms. The number of esters is 1. The summed E-state index contributed by atoms with van der Waals surface area (Å²) in [6.07, 6.45) is -0.606. The largest absolute Gasteiger partial charge is 0.459 e. The molecule has 18 heavy (non-hydrogen) atoms. The Kier molecular flexibility index (Phi) is 8.59. The number of ether oxygens (including phenoxy) is 4. The van der Waals surface area contributed by atoms with Gasteiger partial charge in [0.1, 0.15) is 26.7 Å². The van der Waals surface area contributed by atoms with E-state index in [1.165, 1.54) is 26.0 Å². The van der Waals surface area contributed by atoms with E-state index in [-0.39, 0.29) is 26.7 Å². The predicted molar refractivity (Wildman–Crippen MR) is 62.7 cm³/mol. The highest BCUT2D eigenvalue weighted by Gasteiger charge is 2.14. The van der Waals surface area contributed by atoms with E-state index in [2.05, 4.69) is 6.58 Å². The average Bonchev–Trinajstić information content (AvgIpc) is 2.33. The number of hydrogen-bond donors (Lipinski definition) is 0. The van der Waals surface area contributed by atoms with Crippen LogP contribution in [0, 0.1) is 0 Å². The van der Waals surface area contributed by atoms with Gasteiger partial charge in [0.25, 0.3) is 0 Å². The van der Waals surface area contributed by atoms with Gasteiger partial charge in [-0.1, -0.05) is 6.58 Å². The zero-order chi connectivity index (χ0) is 14.0. The summed E-state index contributed by atoms with van der Waals surface area (Å²) in [4.78, 5) is 23.7. The van der Waals surface area contributed by atoms with Gasteiger partial charge in [0.2, 0.25) is 0 Å². The van der Waals surface area contributed by atoms with E-state index in [1.54, 1.807) is 0 Å². The molecular formula is C11H19NO6. The Morgan fingerprint density at radius 2 is 1.56 bits per heavy atom. The minimum atomic E-state index is -0.606. The Balaban J connectivity index is 3.86. The fourth-order valence-electron chi connectivity index (χ4n) is 0.932. The van der Waals surface area contributed by atoms with Crippen LogP contribution in [0.3, 0.4) is 0 Å². The molecule has 0 saturated heterocycles. The minimum Gasteiger partial charge on any atom is -0.459 e. The Morgan fingerprint density at radius 3 is 2.00 bits per heavy atom. The van der Waals surface area contributed by atoms with Crippen LogP contribution in [0.1, 0.15) is 6.92 Å². The van der Waals surface area contributed by atoms with Crippen LogP contribution in [0.2, 0.25) is 0 Å². The van der Waals surface area contributed by atoms with Crippen molar-refractivity contribution in [2.45, 2.75) is 6.92 Å². The normalized spacial score (nSPS) is 9.72. The first-order chi connectivity index (χ1) is 8.52. The summed E-state index contributed by atoms with van der Waals surface area (Å²) in [5, 5.41) is 0. The summed E-state index contributed by atoms with van der Waals surface area (Å²) in [5.74, 6) is -0.517. The smallest absolute Gasteiger partial charge is 0.413 e. The van der Waals surface area contributed by atoms with E-state index >= 15 is 0 Å².